The van der Waals surface area contributed by atoms with Crippen molar-refractivity contribution >= 4 is 11.8 Å². The van der Waals surface area contributed by atoms with Crippen LogP contribution in [0.1, 0.15) is 6.92 Å². The Morgan fingerprint density at radius 1 is 1.36 bits per heavy atom. The van der Waals surface area contributed by atoms with Gasteiger partial charge in [0.15, 0.2) is 0 Å². The van der Waals surface area contributed by atoms with Crippen LogP contribution in [-0.4, -0.2) is 35.6 Å². The van der Waals surface area contributed by atoms with Crippen LogP contribution in [0, 0.1) is 0 Å². The third kappa shape index (κ3) is 1.48. The number of aliphatic hydroxyl groups excluding tert-OH is 1. The van der Waals surface area contributed by atoms with Crippen LogP contribution in [0.15, 0.2) is 0 Å². The van der Waals surface area contributed by atoms with Crippen molar-refractivity contribution in [1.29, 1.82) is 0 Å². The molecule has 0 aliphatic carbocycles. The summed E-state index contributed by atoms with van der Waals surface area (Å²) in [6, 6.07) is -1.27. The molecule has 0 spiro atoms. The summed E-state index contributed by atoms with van der Waals surface area (Å²) >= 11 is 0. The lowest BCUT2D eigenvalue weighted by Gasteiger charge is -2.25. The van der Waals surface area contributed by atoms with Gasteiger partial charge in [0.2, 0.25) is 11.8 Å². The molecule has 2 amide bonds. The fraction of sp³-hybridized carbons (Fsp3) is 0.667. The molecular formula is C6H10N2O3. The van der Waals surface area contributed by atoms with Gasteiger partial charge in [-0.3, -0.25) is 9.59 Å². The maximum atomic E-state index is 10.9. The van der Waals surface area contributed by atoms with E-state index in [0.29, 0.717) is 0 Å². The highest BCUT2D eigenvalue weighted by Crippen LogP contribution is 1.94. The summed E-state index contributed by atoms with van der Waals surface area (Å²) in [4.78, 5) is 21.8. The molecule has 0 aromatic rings. The second kappa shape index (κ2) is 2.87. The highest BCUT2D eigenvalue weighted by atomic mass is 16.3. The van der Waals surface area contributed by atoms with Crippen LogP contribution in [-0.2, 0) is 9.59 Å². The van der Waals surface area contributed by atoms with Gasteiger partial charge in [-0.05, 0) is 6.92 Å². The molecule has 1 fully saturated rings. The molecule has 2 atom stereocenters. The number of carbonyl (C=O) groups excluding carboxylic acids is 2. The van der Waals surface area contributed by atoms with Crippen LogP contribution in [0.2, 0.25) is 0 Å². The van der Waals surface area contributed by atoms with Crippen LogP contribution in [0.4, 0.5) is 0 Å². The maximum absolute atomic E-state index is 10.9. The maximum Gasteiger partial charge on any atom is 0.245 e. The van der Waals surface area contributed by atoms with Crippen molar-refractivity contribution in [2.75, 3.05) is 6.61 Å². The average Bonchev–Trinajstić information content (AvgIpc) is 1.97. The van der Waals surface area contributed by atoms with Gasteiger partial charge in [-0.1, -0.05) is 0 Å². The van der Waals surface area contributed by atoms with Gasteiger partial charge in [0.05, 0.1) is 6.61 Å². The lowest BCUT2D eigenvalue weighted by atomic mass is 10.1. The summed E-state index contributed by atoms with van der Waals surface area (Å²) in [6.45, 7) is 1.23. The molecule has 5 nitrogen and oxygen atoms in total. The molecule has 0 bridgehead atoms. The first-order valence-electron chi connectivity index (χ1n) is 3.36. The van der Waals surface area contributed by atoms with Crippen LogP contribution in [0.3, 0.4) is 0 Å². The molecule has 11 heavy (non-hydrogen) atoms. The fourth-order valence-corrected chi connectivity index (χ4v) is 0.870. The second-order valence-electron chi connectivity index (χ2n) is 2.47. The van der Waals surface area contributed by atoms with Gasteiger partial charge < -0.3 is 15.7 Å². The first kappa shape index (κ1) is 8.00. The van der Waals surface area contributed by atoms with Crippen molar-refractivity contribution in [3.8, 4) is 0 Å². The number of aliphatic hydroxyl groups is 1. The van der Waals surface area contributed by atoms with Crippen molar-refractivity contribution < 1.29 is 14.7 Å². The van der Waals surface area contributed by atoms with E-state index in [1.807, 2.05) is 0 Å². The minimum Gasteiger partial charge on any atom is -0.394 e. The monoisotopic (exact) mass is 158 g/mol. The lowest BCUT2D eigenvalue weighted by Crippen LogP contribution is -2.61. The predicted molar refractivity (Wildman–Crippen MR) is 36.6 cm³/mol. The van der Waals surface area contributed by atoms with Crippen molar-refractivity contribution in [3.63, 3.8) is 0 Å². The Labute approximate surface area is 63.8 Å². The standard InChI is InChI=1S/C6H10N2O3/c1-3-5(10)8-4(2-9)6(11)7-3/h3-4,9H,2H2,1H3,(H,7,11)(H,8,10)/t3-,4-/m0/s1. The third-order valence-electron chi connectivity index (χ3n) is 1.57. The number of amides is 2. The van der Waals surface area contributed by atoms with E-state index < -0.39 is 12.1 Å². The largest absolute Gasteiger partial charge is 0.394 e. The molecule has 1 saturated heterocycles. The summed E-state index contributed by atoms with van der Waals surface area (Å²) in [7, 11) is 0. The van der Waals surface area contributed by atoms with E-state index >= 15 is 0 Å². The fourth-order valence-electron chi connectivity index (χ4n) is 0.870. The van der Waals surface area contributed by atoms with Crippen LogP contribution < -0.4 is 10.6 Å². The Hall–Kier alpha value is -1.10. The van der Waals surface area contributed by atoms with Gasteiger partial charge in [-0.15, -0.1) is 0 Å². The number of hydrogen-bond donors (Lipinski definition) is 3. The van der Waals surface area contributed by atoms with Gasteiger partial charge in [-0.2, -0.15) is 0 Å². The number of piperazine rings is 1. The van der Waals surface area contributed by atoms with Gasteiger partial charge in [-0.25, -0.2) is 0 Å². The smallest absolute Gasteiger partial charge is 0.245 e. The summed E-state index contributed by atoms with van der Waals surface area (Å²) in [5.41, 5.74) is 0. The third-order valence-corrected chi connectivity index (χ3v) is 1.57. The Kier molecular flexibility index (Phi) is 2.09. The first-order chi connectivity index (χ1) is 5.15. The van der Waals surface area contributed by atoms with E-state index in [9.17, 15) is 9.59 Å². The SMILES string of the molecule is C[C@@H]1NC(=O)[C@H](CO)NC1=O. The van der Waals surface area contributed by atoms with E-state index in [0.717, 1.165) is 0 Å². The Balaban J connectivity index is 2.62. The zero-order valence-electron chi connectivity index (χ0n) is 6.13. The van der Waals surface area contributed by atoms with Crippen LogP contribution >= 0.6 is 0 Å². The molecule has 3 N–H and O–H groups in total. The Bertz CT molecular complexity index is 192. The number of carbonyl (C=O) groups is 2. The second-order valence-corrected chi connectivity index (χ2v) is 2.47. The van der Waals surface area contributed by atoms with Gasteiger partial charge in [0.1, 0.15) is 12.1 Å². The summed E-state index contributed by atoms with van der Waals surface area (Å²) in [5.74, 6) is -0.594. The zero-order valence-corrected chi connectivity index (χ0v) is 6.13. The average molecular weight is 158 g/mol. The molecule has 0 aromatic heterocycles. The predicted octanol–water partition coefficient (Wildman–Crippen LogP) is -2.02. The summed E-state index contributed by atoms with van der Waals surface area (Å²) in [6.07, 6.45) is 0. The van der Waals surface area contributed by atoms with Gasteiger partial charge >= 0.3 is 0 Å². The van der Waals surface area contributed by atoms with E-state index in [1.165, 1.54) is 0 Å². The van der Waals surface area contributed by atoms with Gasteiger partial charge in [0.25, 0.3) is 0 Å². The first-order valence-corrected chi connectivity index (χ1v) is 3.36. The van der Waals surface area contributed by atoms with E-state index in [-0.39, 0.29) is 18.4 Å². The van der Waals surface area contributed by atoms with E-state index in [4.69, 9.17) is 5.11 Å². The minimum absolute atomic E-state index is 0.261. The number of nitrogens with one attached hydrogen (secondary N) is 2. The van der Waals surface area contributed by atoms with Crippen molar-refractivity contribution in [3.05, 3.63) is 0 Å². The molecule has 0 unspecified atom stereocenters. The molecule has 0 aromatic carbocycles. The molecule has 62 valence electrons. The Morgan fingerprint density at radius 2 is 2.00 bits per heavy atom. The Morgan fingerprint density at radius 3 is 2.55 bits per heavy atom. The molecule has 0 saturated carbocycles. The van der Waals surface area contributed by atoms with Crippen LogP contribution in [0.5, 0.6) is 0 Å². The molecule has 0 radical (unpaired) electrons. The molecule has 1 aliphatic heterocycles. The number of rotatable bonds is 1. The van der Waals surface area contributed by atoms with Crippen molar-refractivity contribution in [2.24, 2.45) is 0 Å². The lowest BCUT2D eigenvalue weighted by molar-refractivity contribution is -0.137. The van der Waals surface area contributed by atoms with Crippen molar-refractivity contribution in [2.45, 2.75) is 19.0 Å². The summed E-state index contributed by atoms with van der Waals surface area (Å²) < 4.78 is 0. The van der Waals surface area contributed by atoms with Gasteiger partial charge in [0, 0.05) is 0 Å². The van der Waals surface area contributed by atoms with E-state index in [1.54, 1.807) is 6.92 Å². The van der Waals surface area contributed by atoms with Crippen molar-refractivity contribution in [1.82, 2.24) is 10.6 Å². The van der Waals surface area contributed by atoms with Crippen LogP contribution in [0.25, 0.3) is 0 Å². The topological polar surface area (TPSA) is 78.4 Å². The normalized spacial score (nSPS) is 31.1. The minimum atomic E-state index is -0.779. The quantitative estimate of drug-likeness (QED) is 0.412. The molecule has 5 heteroatoms. The number of hydrogen-bond acceptors (Lipinski definition) is 3. The summed E-state index contributed by atoms with van der Waals surface area (Å²) in [5, 5.41) is 13.4. The molecular weight excluding hydrogens is 148 g/mol. The zero-order chi connectivity index (χ0) is 8.43. The molecule has 1 heterocycles. The molecule has 1 rings (SSSR count). The molecule has 1 aliphatic rings. The highest BCUT2D eigenvalue weighted by Gasteiger charge is 2.29. The van der Waals surface area contributed by atoms with E-state index in [2.05, 4.69) is 10.6 Å². The highest BCUT2D eigenvalue weighted by molar-refractivity contribution is 5.96.